The van der Waals surface area contributed by atoms with Crippen LogP contribution >= 0.6 is 23.2 Å². The molecular weight excluding hydrogens is 375 g/mol. The second-order valence-corrected chi connectivity index (χ2v) is 6.54. The largest absolute Gasteiger partial charge is 0.325 e. The van der Waals surface area contributed by atoms with Crippen LogP contribution in [0.2, 0.25) is 10.0 Å². The zero-order valence-electron chi connectivity index (χ0n) is 14.4. The lowest BCUT2D eigenvalue weighted by Gasteiger charge is -2.21. The summed E-state index contributed by atoms with van der Waals surface area (Å²) < 4.78 is 0. The quantitative estimate of drug-likeness (QED) is 0.731. The highest BCUT2D eigenvalue weighted by Gasteiger charge is 2.15. The zero-order valence-corrected chi connectivity index (χ0v) is 15.9. The van der Waals surface area contributed by atoms with E-state index in [2.05, 4.69) is 5.32 Å². The van der Waals surface area contributed by atoms with Crippen LogP contribution in [0.4, 0.5) is 11.4 Å². The van der Waals surface area contributed by atoms with Crippen molar-refractivity contribution in [2.45, 2.75) is 20.3 Å². The number of hydrogen-bond acceptors (Lipinski definition) is 3. The number of nitrogens with zero attached hydrogens (tertiary/aromatic N) is 1. The Morgan fingerprint density at radius 1 is 1.04 bits per heavy atom. The van der Waals surface area contributed by atoms with Crippen molar-refractivity contribution in [2.75, 3.05) is 16.8 Å². The molecule has 2 amide bonds. The molecule has 5 nitrogen and oxygen atoms in total. The SMILES string of the molecule is CC(=O)c1cccc(N(CCC(=O)Nc2ccc(Cl)cc2Cl)C(C)=O)c1. The molecule has 0 heterocycles. The first kappa shape index (κ1) is 19.9. The van der Waals surface area contributed by atoms with Crippen molar-refractivity contribution in [1.29, 1.82) is 0 Å². The Balaban J connectivity index is 2.06. The molecule has 26 heavy (non-hydrogen) atoms. The van der Waals surface area contributed by atoms with E-state index in [9.17, 15) is 14.4 Å². The molecule has 1 N–H and O–H groups in total. The molecule has 7 heteroatoms. The predicted octanol–water partition coefficient (Wildman–Crippen LogP) is 4.58. The number of Topliss-reactive ketones (excluding diaryl/α,β-unsaturated/α-hetero) is 1. The third-order valence-corrected chi connectivity index (χ3v) is 4.26. The van der Waals surface area contributed by atoms with Crippen LogP contribution in [-0.2, 0) is 9.59 Å². The van der Waals surface area contributed by atoms with Crippen LogP contribution in [0.1, 0.15) is 30.6 Å². The Bertz CT molecular complexity index is 852. The van der Waals surface area contributed by atoms with E-state index in [0.717, 1.165) is 0 Å². The summed E-state index contributed by atoms with van der Waals surface area (Å²) in [6, 6.07) is 11.5. The number of anilines is 2. The number of ketones is 1. The molecule has 0 fully saturated rings. The highest BCUT2D eigenvalue weighted by atomic mass is 35.5. The van der Waals surface area contributed by atoms with Gasteiger partial charge >= 0.3 is 0 Å². The normalized spacial score (nSPS) is 10.3. The summed E-state index contributed by atoms with van der Waals surface area (Å²) in [4.78, 5) is 37.1. The first-order valence-corrected chi connectivity index (χ1v) is 8.67. The summed E-state index contributed by atoms with van der Waals surface area (Å²) >= 11 is 11.9. The van der Waals surface area contributed by atoms with Gasteiger partial charge in [-0.1, -0.05) is 35.3 Å². The van der Waals surface area contributed by atoms with Gasteiger partial charge in [-0.3, -0.25) is 14.4 Å². The maximum atomic E-state index is 12.2. The van der Waals surface area contributed by atoms with Crippen LogP contribution in [-0.4, -0.2) is 24.1 Å². The fourth-order valence-corrected chi connectivity index (χ4v) is 2.83. The van der Waals surface area contributed by atoms with Gasteiger partial charge in [0.15, 0.2) is 5.78 Å². The van der Waals surface area contributed by atoms with Crippen LogP contribution in [0, 0.1) is 0 Å². The lowest BCUT2D eigenvalue weighted by atomic mass is 10.1. The van der Waals surface area contributed by atoms with Gasteiger partial charge in [0.2, 0.25) is 11.8 Å². The van der Waals surface area contributed by atoms with E-state index in [1.54, 1.807) is 36.4 Å². The predicted molar refractivity (Wildman–Crippen MR) is 104 cm³/mol. The highest BCUT2D eigenvalue weighted by Crippen LogP contribution is 2.25. The minimum atomic E-state index is -0.289. The lowest BCUT2D eigenvalue weighted by molar-refractivity contribution is -0.117. The highest BCUT2D eigenvalue weighted by molar-refractivity contribution is 6.36. The van der Waals surface area contributed by atoms with Gasteiger partial charge in [0.1, 0.15) is 0 Å². The molecule has 0 saturated heterocycles. The Kier molecular flexibility index (Phi) is 6.77. The molecule has 0 aliphatic rings. The number of amides is 2. The average Bonchev–Trinajstić information content (AvgIpc) is 2.57. The topological polar surface area (TPSA) is 66.5 Å². The van der Waals surface area contributed by atoms with Crippen molar-refractivity contribution >= 4 is 52.2 Å². The minimum absolute atomic E-state index is 0.0723. The Morgan fingerprint density at radius 3 is 2.38 bits per heavy atom. The van der Waals surface area contributed by atoms with Gasteiger partial charge in [-0.2, -0.15) is 0 Å². The van der Waals surface area contributed by atoms with Crippen molar-refractivity contribution in [2.24, 2.45) is 0 Å². The van der Waals surface area contributed by atoms with Gasteiger partial charge in [-0.15, -0.1) is 0 Å². The number of halogens is 2. The maximum absolute atomic E-state index is 12.2. The number of nitrogens with one attached hydrogen (secondary N) is 1. The van der Waals surface area contributed by atoms with Gasteiger partial charge in [-0.05, 0) is 37.3 Å². The van der Waals surface area contributed by atoms with Crippen molar-refractivity contribution in [1.82, 2.24) is 0 Å². The molecule has 0 unspecified atom stereocenters. The lowest BCUT2D eigenvalue weighted by Crippen LogP contribution is -2.32. The maximum Gasteiger partial charge on any atom is 0.226 e. The van der Waals surface area contributed by atoms with Crippen molar-refractivity contribution < 1.29 is 14.4 Å². The van der Waals surface area contributed by atoms with Gasteiger partial charge in [-0.25, -0.2) is 0 Å². The van der Waals surface area contributed by atoms with Crippen LogP contribution in [0.3, 0.4) is 0 Å². The smallest absolute Gasteiger partial charge is 0.226 e. The summed E-state index contributed by atoms with van der Waals surface area (Å²) in [5.41, 5.74) is 1.53. The summed E-state index contributed by atoms with van der Waals surface area (Å²) in [6.07, 6.45) is 0.0723. The van der Waals surface area contributed by atoms with Crippen molar-refractivity contribution in [3.8, 4) is 0 Å². The van der Waals surface area contributed by atoms with Gasteiger partial charge < -0.3 is 10.2 Å². The molecule has 2 rings (SSSR count). The van der Waals surface area contributed by atoms with E-state index in [0.29, 0.717) is 27.0 Å². The molecule has 2 aromatic rings. The number of carbonyl (C=O) groups excluding carboxylic acids is 3. The molecule has 0 aliphatic heterocycles. The second-order valence-electron chi connectivity index (χ2n) is 5.70. The third kappa shape index (κ3) is 5.31. The van der Waals surface area contributed by atoms with E-state index in [-0.39, 0.29) is 30.6 Å². The molecule has 0 aliphatic carbocycles. The molecule has 0 radical (unpaired) electrons. The van der Waals surface area contributed by atoms with Crippen LogP contribution < -0.4 is 10.2 Å². The molecule has 0 aromatic heterocycles. The molecule has 136 valence electrons. The Morgan fingerprint density at radius 2 is 1.77 bits per heavy atom. The number of rotatable bonds is 6. The number of carbonyl (C=O) groups is 3. The van der Waals surface area contributed by atoms with Crippen molar-refractivity contribution in [3.63, 3.8) is 0 Å². The molecule has 0 bridgehead atoms. The van der Waals surface area contributed by atoms with E-state index < -0.39 is 0 Å². The van der Waals surface area contributed by atoms with E-state index in [1.165, 1.54) is 24.8 Å². The Hall–Kier alpha value is -2.37. The van der Waals surface area contributed by atoms with Crippen molar-refractivity contribution in [3.05, 3.63) is 58.1 Å². The van der Waals surface area contributed by atoms with Gasteiger partial charge in [0.25, 0.3) is 0 Å². The summed E-state index contributed by atoms with van der Waals surface area (Å²) in [5, 5.41) is 3.50. The standard InChI is InChI=1S/C19H18Cl2N2O3/c1-12(24)14-4-3-5-16(10-14)23(13(2)25)9-8-19(26)22-18-7-6-15(20)11-17(18)21/h3-7,10-11H,8-9H2,1-2H3,(H,22,26). The average molecular weight is 393 g/mol. The molecule has 0 spiro atoms. The van der Waals surface area contributed by atoms with Gasteiger partial charge in [0.05, 0.1) is 10.7 Å². The monoisotopic (exact) mass is 392 g/mol. The van der Waals surface area contributed by atoms with E-state index in [4.69, 9.17) is 23.2 Å². The molecule has 0 atom stereocenters. The van der Waals surface area contributed by atoms with E-state index in [1.807, 2.05) is 0 Å². The Labute approximate surface area is 161 Å². The zero-order chi connectivity index (χ0) is 19.3. The van der Waals surface area contributed by atoms with Crippen LogP contribution in [0.25, 0.3) is 0 Å². The minimum Gasteiger partial charge on any atom is -0.325 e. The summed E-state index contributed by atoms with van der Waals surface area (Å²) in [6.45, 7) is 3.04. The first-order valence-electron chi connectivity index (χ1n) is 7.92. The number of benzene rings is 2. The molecular formula is C19H18Cl2N2O3. The van der Waals surface area contributed by atoms with Crippen LogP contribution in [0.5, 0.6) is 0 Å². The fourth-order valence-electron chi connectivity index (χ4n) is 2.38. The molecule has 0 saturated carbocycles. The van der Waals surface area contributed by atoms with Crippen LogP contribution in [0.15, 0.2) is 42.5 Å². The number of hydrogen-bond donors (Lipinski definition) is 1. The van der Waals surface area contributed by atoms with E-state index >= 15 is 0 Å². The fraction of sp³-hybridized carbons (Fsp3) is 0.211. The second kappa shape index (κ2) is 8.83. The van der Waals surface area contributed by atoms with Gasteiger partial charge in [0, 0.05) is 36.2 Å². The summed E-state index contributed by atoms with van der Waals surface area (Å²) in [7, 11) is 0. The first-order chi connectivity index (χ1) is 12.3. The third-order valence-electron chi connectivity index (χ3n) is 3.71. The summed E-state index contributed by atoms with van der Waals surface area (Å²) in [5.74, 6) is -0.600. The molecule has 2 aromatic carbocycles.